The molecule has 1 saturated heterocycles. The van der Waals surface area contributed by atoms with Crippen LogP contribution in [0.4, 0.5) is 0 Å². The van der Waals surface area contributed by atoms with Gasteiger partial charge in [-0.1, -0.05) is 17.7 Å². The predicted molar refractivity (Wildman–Crippen MR) is 78.1 cm³/mol. The molecule has 4 heteroatoms. The third kappa shape index (κ3) is 3.85. The zero-order valence-corrected chi connectivity index (χ0v) is 12.4. The molecule has 1 heterocycles. The third-order valence-electron chi connectivity index (χ3n) is 3.61. The second-order valence-corrected chi connectivity index (χ2v) is 5.34. The normalized spacial score (nSPS) is 20.5. The van der Waals surface area contributed by atoms with Crippen LogP contribution in [0.25, 0.3) is 0 Å². The van der Waals surface area contributed by atoms with Crippen molar-refractivity contribution in [3.63, 3.8) is 0 Å². The molecule has 1 N–H and O–H groups in total. The first-order valence-electron chi connectivity index (χ1n) is 6.92. The Labute approximate surface area is 120 Å². The number of halogens is 1. The summed E-state index contributed by atoms with van der Waals surface area (Å²) < 4.78 is 11.7. The minimum atomic E-state index is 0.0899. The van der Waals surface area contributed by atoms with Crippen molar-refractivity contribution in [2.75, 3.05) is 26.3 Å². The second-order valence-electron chi connectivity index (χ2n) is 4.93. The van der Waals surface area contributed by atoms with Gasteiger partial charge in [-0.25, -0.2) is 0 Å². The van der Waals surface area contributed by atoms with E-state index in [9.17, 15) is 0 Å². The van der Waals surface area contributed by atoms with Crippen LogP contribution in [0, 0.1) is 12.8 Å². The van der Waals surface area contributed by atoms with Crippen LogP contribution in [0.15, 0.2) is 18.2 Å². The maximum Gasteiger partial charge on any atom is 0.126 e. The lowest BCUT2D eigenvalue weighted by molar-refractivity contribution is 0.0288. The van der Waals surface area contributed by atoms with Gasteiger partial charge in [0.05, 0.1) is 6.61 Å². The molecule has 1 aliphatic rings. The molecule has 1 aliphatic heterocycles. The summed E-state index contributed by atoms with van der Waals surface area (Å²) in [4.78, 5) is 0. The van der Waals surface area contributed by atoms with E-state index in [1.165, 1.54) is 0 Å². The highest BCUT2D eigenvalue weighted by Crippen LogP contribution is 2.28. The van der Waals surface area contributed by atoms with E-state index in [-0.39, 0.29) is 6.10 Å². The van der Waals surface area contributed by atoms with E-state index in [0.29, 0.717) is 19.1 Å². The van der Waals surface area contributed by atoms with Crippen molar-refractivity contribution in [1.29, 1.82) is 0 Å². The van der Waals surface area contributed by atoms with E-state index < -0.39 is 0 Å². The largest absolute Gasteiger partial charge is 0.487 e. The zero-order chi connectivity index (χ0) is 13.7. The number of benzene rings is 1. The minimum absolute atomic E-state index is 0.0899. The van der Waals surface area contributed by atoms with Gasteiger partial charge in [-0.05, 0) is 38.9 Å². The summed E-state index contributed by atoms with van der Waals surface area (Å²) >= 11 is 6.14. The third-order valence-corrected chi connectivity index (χ3v) is 4.02. The van der Waals surface area contributed by atoms with Gasteiger partial charge < -0.3 is 14.8 Å². The average molecular weight is 284 g/mol. The van der Waals surface area contributed by atoms with Crippen LogP contribution < -0.4 is 10.1 Å². The van der Waals surface area contributed by atoms with Crippen molar-refractivity contribution in [3.05, 3.63) is 28.8 Å². The first kappa shape index (κ1) is 14.6. The lowest BCUT2D eigenvalue weighted by Gasteiger charge is -2.25. The summed E-state index contributed by atoms with van der Waals surface area (Å²) in [6.07, 6.45) is 1.23. The molecule has 3 nitrogen and oxygen atoms in total. The molecule has 0 spiro atoms. The summed E-state index contributed by atoms with van der Waals surface area (Å²) in [7, 11) is 0. The summed E-state index contributed by atoms with van der Waals surface area (Å²) in [5.74, 6) is 1.37. The van der Waals surface area contributed by atoms with Crippen LogP contribution >= 0.6 is 11.6 Å². The highest BCUT2D eigenvalue weighted by molar-refractivity contribution is 6.31. The second kappa shape index (κ2) is 7.13. The van der Waals surface area contributed by atoms with Crippen molar-refractivity contribution in [2.45, 2.75) is 26.4 Å². The van der Waals surface area contributed by atoms with Crippen LogP contribution in [0.1, 0.15) is 18.9 Å². The number of ether oxygens (including phenoxy) is 2. The maximum absolute atomic E-state index is 6.16. The monoisotopic (exact) mass is 283 g/mol. The van der Waals surface area contributed by atoms with Gasteiger partial charge in [0, 0.05) is 29.7 Å². The number of hydrogen-bond donors (Lipinski definition) is 1. The molecule has 2 rings (SSSR count). The number of rotatable bonds is 6. The summed E-state index contributed by atoms with van der Waals surface area (Å²) in [5, 5.41) is 4.13. The van der Waals surface area contributed by atoms with E-state index in [1.807, 2.05) is 32.0 Å². The van der Waals surface area contributed by atoms with Crippen LogP contribution in [-0.4, -0.2) is 32.4 Å². The molecule has 106 valence electrons. The van der Waals surface area contributed by atoms with Gasteiger partial charge in [-0.3, -0.25) is 0 Å². The molecule has 1 unspecified atom stereocenters. The Balaban J connectivity index is 2.07. The Morgan fingerprint density at radius 2 is 2.32 bits per heavy atom. The van der Waals surface area contributed by atoms with Crippen LogP contribution in [0.3, 0.4) is 0 Å². The zero-order valence-electron chi connectivity index (χ0n) is 11.6. The molecule has 1 fully saturated rings. The molecule has 2 atom stereocenters. The van der Waals surface area contributed by atoms with Crippen molar-refractivity contribution < 1.29 is 9.47 Å². The van der Waals surface area contributed by atoms with Crippen molar-refractivity contribution in [2.24, 2.45) is 5.92 Å². The Kier molecular flexibility index (Phi) is 5.49. The molecule has 0 radical (unpaired) electrons. The SMILES string of the molecule is CCOC[C@H](Oc1cccc(Cl)c1C)C1CCNC1. The fraction of sp³-hybridized carbons (Fsp3) is 0.600. The van der Waals surface area contributed by atoms with E-state index >= 15 is 0 Å². The van der Waals surface area contributed by atoms with Crippen LogP contribution in [0.2, 0.25) is 5.02 Å². The fourth-order valence-corrected chi connectivity index (χ4v) is 2.54. The molecule has 0 saturated carbocycles. The lowest BCUT2D eigenvalue weighted by atomic mass is 10.0. The summed E-state index contributed by atoms with van der Waals surface area (Å²) in [6.45, 7) is 7.41. The van der Waals surface area contributed by atoms with Crippen molar-refractivity contribution in [1.82, 2.24) is 5.32 Å². The first-order chi connectivity index (χ1) is 9.22. The first-order valence-corrected chi connectivity index (χ1v) is 7.30. The van der Waals surface area contributed by atoms with E-state index in [4.69, 9.17) is 21.1 Å². The highest BCUT2D eigenvalue weighted by Gasteiger charge is 2.27. The molecule has 0 amide bonds. The Morgan fingerprint density at radius 1 is 1.47 bits per heavy atom. The number of nitrogens with one attached hydrogen (secondary N) is 1. The van der Waals surface area contributed by atoms with Gasteiger partial charge in [0.1, 0.15) is 11.9 Å². The van der Waals surface area contributed by atoms with Crippen LogP contribution in [-0.2, 0) is 4.74 Å². The van der Waals surface area contributed by atoms with Gasteiger partial charge in [-0.15, -0.1) is 0 Å². The van der Waals surface area contributed by atoms with Gasteiger partial charge in [0.2, 0.25) is 0 Å². The minimum Gasteiger partial charge on any atom is -0.487 e. The summed E-state index contributed by atoms with van der Waals surface area (Å²) in [6, 6.07) is 5.79. The molecule has 1 aromatic rings. The maximum atomic E-state index is 6.16. The Hall–Kier alpha value is -0.770. The molecular formula is C15H22ClNO2. The van der Waals surface area contributed by atoms with Crippen LogP contribution in [0.5, 0.6) is 5.75 Å². The van der Waals surface area contributed by atoms with Gasteiger partial charge in [0.25, 0.3) is 0 Å². The molecule has 19 heavy (non-hydrogen) atoms. The van der Waals surface area contributed by atoms with Crippen molar-refractivity contribution >= 4 is 11.6 Å². The lowest BCUT2D eigenvalue weighted by Crippen LogP contribution is -2.33. The van der Waals surface area contributed by atoms with Crippen molar-refractivity contribution in [3.8, 4) is 5.75 Å². The molecule has 1 aromatic carbocycles. The predicted octanol–water partition coefficient (Wildman–Crippen LogP) is 3.04. The van der Waals surface area contributed by atoms with Gasteiger partial charge in [-0.2, -0.15) is 0 Å². The molecule has 0 aliphatic carbocycles. The topological polar surface area (TPSA) is 30.5 Å². The average Bonchev–Trinajstić information content (AvgIpc) is 2.93. The highest BCUT2D eigenvalue weighted by atomic mass is 35.5. The van der Waals surface area contributed by atoms with Gasteiger partial charge in [0.15, 0.2) is 0 Å². The molecular weight excluding hydrogens is 262 g/mol. The fourth-order valence-electron chi connectivity index (χ4n) is 2.37. The molecule has 0 aromatic heterocycles. The summed E-state index contributed by atoms with van der Waals surface area (Å²) in [5.41, 5.74) is 0.997. The van der Waals surface area contributed by atoms with E-state index in [0.717, 1.165) is 35.8 Å². The quantitative estimate of drug-likeness (QED) is 0.870. The Morgan fingerprint density at radius 3 is 3.00 bits per heavy atom. The van der Waals surface area contributed by atoms with Gasteiger partial charge >= 0.3 is 0 Å². The smallest absolute Gasteiger partial charge is 0.126 e. The number of hydrogen-bond acceptors (Lipinski definition) is 3. The molecule has 0 bridgehead atoms. The van der Waals surface area contributed by atoms with E-state index in [2.05, 4.69) is 5.32 Å². The van der Waals surface area contributed by atoms with E-state index in [1.54, 1.807) is 0 Å². The standard InChI is InChI=1S/C15H22ClNO2/c1-3-18-10-15(12-7-8-17-9-12)19-14-6-4-5-13(16)11(14)2/h4-6,12,15,17H,3,7-10H2,1-2H3/t12?,15-/m0/s1. The Bertz CT molecular complexity index is 405.